The van der Waals surface area contributed by atoms with Crippen molar-refractivity contribution in [2.45, 2.75) is 19.9 Å². The summed E-state index contributed by atoms with van der Waals surface area (Å²) in [7, 11) is 1.73. The van der Waals surface area contributed by atoms with E-state index in [0.717, 1.165) is 24.7 Å². The first-order chi connectivity index (χ1) is 6.16. The average molecular weight is 203 g/mol. The molecule has 1 N–H and O–H groups in total. The summed E-state index contributed by atoms with van der Waals surface area (Å²) in [5, 5.41) is 3.34. The molecule has 78 valence electrons. The van der Waals surface area contributed by atoms with Crippen LogP contribution in [0.25, 0.3) is 0 Å². The van der Waals surface area contributed by atoms with Gasteiger partial charge in [-0.1, -0.05) is 26.0 Å². The summed E-state index contributed by atoms with van der Waals surface area (Å²) in [6, 6.07) is 0.542. The third-order valence-electron chi connectivity index (χ3n) is 1.50. The first-order valence-electron chi connectivity index (χ1n) is 4.63. The van der Waals surface area contributed by atoms with Gasteiger partial charge in [0.25, 0.3) is 0 Å². The largest absolute Gasteiger partial charge is 0.384 e. The highest BCUT2D eigenvalue weighted by molar-refractivity contribution is 7.99. The lowest BCUT2D eigenvalue weighted by molar-refractivity contribution is 0.218. The molecule has 2 nitrogen and oxygen atoms in total. The fraction of sp³-hybridized carbons (Fsp3) is 0.800. The fourth-order valence-corrected chi connectivity index (χ4v) is 1.58. The van der Waals surface area contributed by atoms with Crippen molar-refractivity contribution in [1.29, 1.82) is 0 Å². The number of methoxy groups -OCH3 is 1. The Bertz CT molecular complexity index is 137. The second-order valence-electron chi connectivity index (χ2n) is 3.33. The van der Waals surface area contributed by atoms with Crippen LogP contribution in [0.2, 0.25) is 0 Å². The monoisotopic (exact) mass is 203 g/mol. The normalized spacial score (nSPS) is 10.8. The molecule has 0 unspecified atom stereocenters. The Morgan fingerprint density at radius 3 is 2.77 bits per heavy atom. The van der Waals surface area contributed by atoms with E-state index in [1.165, 1.54) is 5.57 Å². The molecule has 0 bridgehead atoms. The molecule has 13 heavy (non-hydrogen) atoms. The topological polar surface area (TPSA) is 21.3 Å². The zero-order chi connectivity index (χ0) is 10.1. The van der Waals surface area contributed by atoms with Crippen LogP contribution in [-0.4, -0.2) is 37.8 Å². The quantitative estimate of drug-likeness (QED) is 0.481. The zero-order valence-corrected chi connectivity index (χ0v) is 9.75. The predicted octanol–water partition coefficient (Wildman–Crippen LogP) is 1.92. The van der Waals surface area contributed by atoms with Crippen molar-refractivity contribution >= 4 is 11.8 Å². The van der Waals surface area contributed by atoms with E-state index in [1.807, 2.05) is 11.8 Å². The molecule has 0 aliphatic heterocycles. The van der Waals surface area contributed by atoms with Gasteiger partial charge >= 0.3 is 0 Å². The van der Waals surface area contributed by atoms with Gasteiger partial charge < -0.3 is 10.1 Å². The highest BCUT2D eigenvalue weighted by Gasteiger charge is 1.96. The third kappa shape index (κ3) is 9.93. The molecule has 0 saturated carbocycles. The van der Waals surface area contributed by atoms with E-state index in [9.17, 15) is 0 Å². The van der Waals surface area contributed by atoms with Crippen molar-refractivity contribution in [3.63, 3.8) is 0 Å². The molecule has 0 aromatic carbocycles. The molecule has 0 aliphatic carbocycles. The molecular weight excluding hydrogens is 182 g/mol. The Labute approximate surface area is 86.1 Å². The number of rotatable bonds is 8. The SMILES string of the molecule is C=C(CNC(C)C)CSCCOC. The van der Waals surface area contributed by atoms with E-state index in [-0.39, 0.29) is 0 Å². The maximum atomic E-state index is 4.96. The lowest BCUT2D eigenvalue weighted by atomic mass is 10.3. The molecular formula is C10H21NOS. The van der Waals surface area contributed by atoms with E-state index < -0.39 is 0 Å². The molecule has 0 aromatic heterocycles. The maximum absolute atomic E-state index is 4.96. The molecule has 0 amide bonds. The summed E-state index contributed by atoms with van der Waals surface area (Å²) in [5.74, 6) is 2.08. The van der Waals surface area contributed by atoms with E-state index >= 15 is 0 Å². The zero-order valence-electron chi connectivity index (χ0n) is 8.93. The maximum Gasteiger partial charge on any atom is 0.0553 e. The molecule has 3 heteroatoms. The smallest absolute Gasteiger partial charge is 0.0553 e. The second-order valence-corrected chi connectivity index (χ2v) is 4.44. The third-order valence-corrected chi connectivity index (χ3v) is 2.57. The fourth-order valence-electron chi connectivity index (χ4n) is 0.758. The van der Waals surface area contributed by atoms with Crippen molar-refractivity contribution in [2.24, 2.45) is 0 Å². The molecule has 0 spiro atoms. The molecule has 0 heterocycles. The van der Waals surface area contributed by atoms with Gasteiger partial charge in [0.05, 0.1) is 6.61 Å². The Morgan fingerprint density at radius 1 is 1.54 bits per heavy atom. The highest BCUT2D eigenvalue weighted by Crippen LogP contribution is 2.05. The van der Waals surface area contributed by atoms with Gasteiger partial charge in [-0.05, 0) is 0 Å². The number of nitrogens with one attached hydrogen (secondary N) is 1. The van der Waals surface area contributed by atoms with Crippen LogP contribution < -0.4 is 5.32 Å². The molecule has 0 fully saturated rings. The lowest BCUT2D eigenvalue weighted by Gasteiger charge is -2.09. The van der Waals surface area contributed by atoms with E-state index in [4.69, 9.17) is 4.74 Å². The minimum atomic E-state index is 0.542. The van der Waals surface area contributed by atoms with Crippen molar-refractivity contribution in [2.75, 3.05) is 31.8 Å². The molecule has 0 atom stereocenters. The van der Waals surface area contributed by atoms with Crippen LogP contribution >= 0.6 is 11.8 Å². The second kappa shape index (κ2) is 8.60. The Kier molecular flexibility index (Phi) is 8.61. The van der Waals surface area contributed by atoms with Crippen LogP contribution in [0.1, 0.15) is 13.8 Å². The Morgan fingerprint density at radius 2 is 2.23 bits per heavy atom. The van der Waals surface area contributed by atoms with Crippen LogP contribution in [0.5, 0.6) is 0 Å². The number of ether oxygens (including phenoxy) is 1. The van der Waals surface area contributed by atoms with Crippen LogP contribution in [0, 0.1) is 0 Å². The summed E-state index contributed by atoms with van der Waals surface area (Å²) in [6.07, 6.45) is 0. The van der Waals surface area contributed by atoms with Gasteiger partial charge in [-0.25, -0.2) is 0 Å². The predicted molar refractivity (Wildman–Crippen MR) is 61.5 cm³/mol. The van der Waals surface area contributed by atoms with Gasteiger partial charge in [0.1, 0.15) is 0 Å². The first-order valence-corrected chi connectivity index (χ1v) is 5.79. The van der Waals surface area contributed by atoms with Gasteiger partial charge in [0.15, 0.2) is 0 Å². The van der Waals surface area contributed by atoms with Crippen LogP contribution in [-0.2, 0) is 4.74 Å². The van der Waals surface area contributed by atoms with Crippen LogP contribution in [0.4, 0.5) is 0 Å². The van der Waals surface area contributed by atoms with E-state index in [0.29, 0.717) is 6.04 Å². The summed E-state index contributed by atoms with van der Waals surface area (Å²) in [6.45, 7) is 10.0. The lowest BCUT2D eigenvalue weighted by Crippen LogP contribution is -2.25. The number of hydrogen-bond acceptors (Lipinski definition) is 3. The van der Waals surface area contributed by atoms with Crippen molar-refractivity contribution in [3.8, 4) is 0 Å². The standard InChI is InChI=1S/C10H21NOS/c1-9(2)11-7-10(3)8-13-6-5-12-4/h9,11H,3,5-8H2,1-2,4H3. The minimum Gasteiger partial charge on any atom is -0.384 e. The Hall–Kier alpha value is 0.01000. The van der Waals surface area contributed by atoms with Gasteiger partial charge in [-0.2, -0.15) is 11.8 Å². The van der Waals surface area contributed by atoms with Gasteiger partial charge in [-0.3, -0.25) is 0 Å². The molecule has 0 rings (SSSR count). The summed E-state index contributed by atoms with van der Waals surface area (Å²) < 4.78 is 4.96. The van der Waals surface area contributed by atoms with E-state index in [2.05, 4.69) is 25.7 Å². The number of hydrogen-bond donors (Lipinski definition) is 1. The van der Waals surface area contributed by atoms with Gasteiger partial charge in [0, 0.05) is 31.2 Å². The Balaban J connectivity index is 3.20. The molecule has 0 aliphatic rings. The molecule has 0 radical (unpaired) electrons. The van der Waals surface area contributed by atoms with Crippen molar-refractivity contribution < 1.29 is 4.74 Å². The van der Waals surface area contributed by atoms with Crippen molar-refractivity contribution in [1.82, 2.24) is 5.32 Å². The minimum absolute atomic E-state index is 0.542. The van der Waals surface area contributed by atoms with E-state index in [1.54, 1.807) is 7.11 Å². The first kappa shape index (κ1) is 13.0. The van der Waals surface area contributed by atoms with Gasteiger partial charge in [-0.15, -0.1) is 0 Å². The highest BCUT2D eigenvalue weighted by atomic mass is 32.2. The summed E-state index contributed by atoms with van der Waals surface area (Å²) >= 11 is 1.87. The van der Waals surface area contributed by atoms with Crippen LogP contribution in [0.15, 0.2) is 12.2 Å². The summed E-state index contributed by atoms with van der Waals surface area (Å²) in [4.78, 5) is 0. The molecule has 0 aromatic rings. The van der Waals surface area contributed by atoms with Crippen molar-refractivity contribution in [3.05, 3.63) is 12.2 Å². The average Bonchev–Trinajstić information content (AvgIpc) is 2.09. The number of thioether (sulfide) groups is 1. The van der Waals surface area contributed by atoms with Crippen LogP contribution in [0.3, 0.4) is 0 Å². The summed E-state index contributed by atoms with van der Waals surface area (Å²) in [5.41, 5.74) is 1.26. The molecule has 0 saturated heterocycles. The van der Waals surface area contributed by atoms with Gasteiger partial charge in [0.2, 0.25) is 0 Å².